The number of amides is 4. The van der Waals surface area contributed by atoms with Gasteiger partial charge in [0.25, 0.3) is 0 Å². The quantitative estimate of drug-likeness (QED) is 0.137. The van der Waals surface area contributed by atoms with E-state index in [9.17, 15) is 33.9 Å². The molecule has 0 aromatic rings. The molecule has 0 rings (SSSR count). The van der Waals surface area contributed by atoms with Crippen molar-refractivity contribution in [2.75, 3.05) is 0 Å². The normalized spacial score (nSPS) is 15.4. The largest absolute Gasteiger partial charge is 0.481 e. The van der Waals surface area contributed by atoms with Crippen molar-refractivity contribution in [3.63, 3.8) is 0 Å². The summed E-state index contributed by atoms with van der Waals surface area (Å²) in [7, 11) is 0. The summed E-state index contributed by atoms with van der Waals surface area (Å²) in [5.74, 6) is -6.22. The van der Waals surface area contributed by atoms with Gasteiger partial charge in [0.15, 0.2) is 0 Å². The smallest absolute Gasteiger partial charge is 0.326 e. The van der Waals surface area contributed by atoms with Crippen molar-refractivity contribution in [3.8, 4) is 0 Å². The summed E-state index contributed by atoms with van der Waals surface area (Å²) in [6, 6.07) is -4.79. The van der Waals surface area contributed by atoms with Gasteiger partial charge < -0.3 is 37.6 Å². The number of primary amides is 1. The second kappa shape index (κ2) is 14.8. The summed E-state index contributed by atoms with van der Waals surface area (Å²) in [4.78, 5) is 71.6. The Morgan fingerprint density at radius 1 is 0.794 bits per heavy atom. The number of carbonyl (C=O) groups is 6. The summed E-state index contributed by atoms with van der Waals surface area (Å²) in [5.41, 5.74) is 11.0. The predicted octanol–water partition coefficient (Wildman–Crippen LogP) is -1.31. The number of carboxylic acids is 2. The molecule has 0 spiro atoms. The van der Waals surface area contributed by atoms with E-state index in [4.69, 9.17) is 16.6 Å². The molecule has 5 atom stereocenters. The maximum absolute atomic E-state index is 13.0. The highest BCUT2D eigenvalue weighted by atomic mass is 16.4. The first-order chi connectivity index (χ1) is 15.7. The third-order valence-corrected chi connectivity index (χ3v) is 5.39. The van der Waals surface area contributed by atoms with Crippen molar-refractivity contribution < 1.29 is 39.0 Å². The van der Waals surface area contributed by atoms with E-state index in [2.05, 4.69) is 16.0 Å². The Bertz CT molecular complexity index is 757. The maximum atomic E-state index is 13.0. The number of aliphatic carboxylic acids is 2. The van der Waals surface area contributed by atoms with Crippen LogP contribution in [0.4, 0.5) is 0 Å². The van der Waals surface area contributed by atoms with Gasteiger partial charge >= 0.3 is 11.9 Å². The first kappa shape index (κ1) is 30.8. The van der Waals surface area contributed by atoms with Crippen LogP contribution in [0.25, 0.3) is 0 Å². The van der Waals surface area contributed by atoms with Crippen LogP contribution in [-0.4, -0.2) is 69.9 Å². The monoisotopic (exact) mass is 487 g/mol. The van der Waals surface area contributed by atoms with Gasteiger partial charge in [0, 0.05) is 12.8 Å². The lowest BCUT2D eigenvalue weighted by Gasteiger charge is -2.28. The Kier molecular flexibility index (Phi) is 13.4. The van der Waals surface area contributed by atoms with E-state index in [1.54, 1.807) is 27.7 Å². The lowest BCUT2D eigenvalue weighted by molar-refractivity contribution is -0.143. The number of rotatable bonds is 16. The Balaban J connectivity index is 5.62. The van der Waals surface area contributed by atoms with Crippen LogP contribution < -0.4 is 27.4 Å². The summed E-state index contributed by atoms with van der Waals surface area (Å²) < 4.78 is 0. The van der Waals surface area contributed by atoms with Crippen LogP contribution in [0.15, 0.2) is 0 Å². The third kappa shape index (κ3) is 11.1. The van der Waals surface area contributed by atoms with Crippen LogP contribution in [0, 0.1) is 11.8 Å². The van der Waals surface area contributed by atoms with E-state index < -0.39 is 72.1 Å². The molecule has 0 fully saturated rings. The number of nitrogens with one attached hydrogen (secondary N) is 3. The van der Waals surface area contributed by atoms with Gasteiger partial charge in [-0.3, -0.25) is 24.0 Å². The van der Waals surface area contributed by atoms with Crippen molar-refractivity contribution in [2.45, 2.75) is 84.0 Å². The van der Waals surface area contributed by atoms with Crippen LogP contribution >= 0.6 is 0 Å². The Hall–Kier alpha value is -3.22. The number of hydrogen-bond donors (Lipinski definition) is 7. The number of carboxylic acid groups (broad SMARTS) is 2. The molecule has 0 saturated carbocycles. The fourth-order valence-electron chi connectivity index (χ4n) is 2.87. The van der Waals surface area contributed by atoms with Crippen LogP contribution in [0.3, 0.4) is 0 Å². The fraction of sp³-hybridized carbons (Fsp3) is 0.714. The van der Waals surface area contributed by atoms with E-state index in [1.807, 2.05) is 0 Å². The topological polar surface area (TPSA) is 231 Å². The van der Waals surface area contributed by atoms with E-state index in [0.29, 0.717) is 6.42 Å². The fourth-order valence-corrected chi connectivity index (χ4v) is 2.87. The van der Waals surface area contributed by atoms with Gasteiger partial charge in [-0.2, -0.15) is 0 Å². The molecule has 0 radical (unpaired) electrons. The van der Waals surface area contributed by atoms with Gasteiger partial charge in [0.1, 0.15) is 18.1 Å². The van der Waals surface area contributed by atoms with Crippen LogP contribution in [-0.2, 0) is 28.8 Å². The zero-order valence-electron chi connectivity index (χ0n) is 20.0. The highest BCUT2D eigenvalue weighted by molar-refractivity contribution is 5.94. The van der Waals surface area contributed by atoms with Crippen LogP contribution in [0.2, 0.25) is 0 Å². The van der Waals surface area contributed by atoms with E-state index in [0.717, 1.165) is 0 Å². The third-order valence-electron chi connectivity index (χ3n) is 5.39. The molecule has 0 aromatic heterocycles. The Morgan fingerprint density at radius 3 is 1.76 bits per heavy atom. The SMILES string of the molecule is CCC(C)C(NC(=O)C(CCC(N)=O)NC(=O)C(N)C(C)C)C(=O)NC(CCC(=O)O)C(=O)O. The molecule has 34 heavy (non-hydrogen) atoms. The molecule has 0 bridgehead atoms. The van der Waals surface area contributed by atoms with Crippen molar-refractivity contribution in [1.29, 1.82) is 0 Å². The molecule has 4 amide bonds. The molecular formula is C21H37N5O8. The van der Waals surface area contributed by atoms with E-state index in [-0.39, 0.29) is 25.2 Å². The molecule has 9 N–H and O–H groups in total. The maximum Gasteiger partial charge on any atom is 0.326 e. The van der Waals surface area contributed by atoms with Crippen molar-refractivity contribution in [3.05, 3.63) is 0 Å². The number of carbonyl (C=O) groups excluding carboxylic acids is 4. The van der Waals surface area contributed by atoms with Crippen molar-refractivity contribution >= 4 is 35.6 Å². The zero-order valence-corrected chi connectivity index (χ0v) is 20.0. The number of hydrogen-bond acceptors (Lipinski definition) is 7. The van der Waals surface area contributed by atoms with Gasteiger partial charge in [0.05, 0.1) is 6.04 Å². The lowest BCUT2D eigenvalue weighted by atomic mass is 9.96. The molecule has 13 nitrogen and oxygen atoms in total. The first-order valence-electron chi connectivity index (χ1n) is 11.1. The van der Waals surface area contributed by atoms with Crippen LogP contribution in [0.1, 0.15) is 59.8 Å². The average Bonchev–Trinajstić information content (AvgIpc) is 2.75. The summed E-state index contributed by atoms with van der Waals surface area (Å²) in [5, 5.41) is 25.3. The van der Waals surface area contributed by atoms with E-state index >= 15 is 0 Å². The van der Waals surface area contributed by atoms with Gasteiger partial charge in [-0.1, -0.05) is 34.1 Å². The molecule has 0 aromatic carbocycles. The first-order valence-corrected chi connectivity index (χ1v) is 11.1. The molecule has 0 aliphatic carbocycles. The second-order valence-electron chi connectivity index (χ2n) is 8.54. The summed E-state index contributed by atoms with van der Waals surface area (Å²) in [6.45, 7) is 6.85. The lowest BCUT2D eigenvalue weighted by Crippen LogP contribution is -2.59. The van der Waals surface area contributed by atoms with E-state index in [1.165, 1.54) is 0 Å². The van der Waals surface area contributed by atoms with Gasteiger partial charge in [-0.05, 0) is 24.7 Å². The molecule has 194 valence electrons. The van der Waals surface area contributed by atoms with Gasteiger partial charge in [-0.25, -0.2) is 4.79 Å². The zero-order chi connectivity index (χ0) is 26.6. The Labute approximate surface area is 198 Å². The highest BCUT2D eigenvalue weighted by Crippen LogP contribution is 2.11. The van der Waals surface area contributed by atoms with Crippen molar-refractivity contribution in [2.24, 2.45) is 23.3 Å². The highest BCUT2D eigenvalue weighted by Gasteiger charge is 2.33. The average molecular weight is 488 g/mol. The second-order valence-corrected chi connectivity index (χ2v) is 8.54. The minimum absolute atomic E-state index is 0.136. The van der Waals surface area contributed by atoms with Crippen LogP contribution in [0.5, 0.6) is 0 Å². The van der Waals surface area contributed by atoms with Gasteiger partial charge in [0.2, 0.25) is 23.6 Å². The minimum Gasteiger partial charge on any atom is -0.481 e. The molecule has 13 heteroatoms. The standard InChI is InChI=1S/C21H37N5O8/c1-5-11(4)17(20(32)25-13(21(33)34)7-9-15(28)29)26-18(30)12(6-8-14(22)27)24-19(31)16(23)10(2)3/h10-13,16-17H,5-9,23H2,1-4H3,(H2,22,27)(H,24,31)(H,25,32)(H,26,30)(H,28,29)(H,33,34). The molecule has 0 aliphatic heterocycles. The Morgan fingerprint density at radius 2 is 1.32 bits per heavy atom. The minimum atomic E-state index is -1.47. The predicted molar refractivity (Wildman–Crippen MR) is 121 cm³/mol. The molecule has 0 aliphatic rings. The molecule has 0 saturated heterocycles. The molecular weight excluding hydrogens is 450 g/mol. The molecule has 0 heterocycles. The summed E-state index contributed by atoms with van der Waals surface area (Å²) >= 11 is 0. The van der Waals surface area contributed by atoms with Crippen molar-refractivity contribution in [1.82, 2.24) is 16.0 Å². The summed E-state index contributed by atoms with van der Waals surface area (Å²) in [6.07, 6.45) is -0.743. The van der Waals surface area contributed by atoms with Gasteiger partial charge in [-0.15, -0.1) is 0 Å². The molecule has 5 unspecified atom stereocenters. The number of nitrogens with two attached hydrogens (primary N) is 2.